The summed E-state index contributed by atoms with van der Waals surface area (Å²) < 4.78 is 29.2. The predicted octanol–water partition coefficient (Wildman–Crippen LogP) is 5.61. The van der Waals surface area contributed by atoms with E-state index in [1.165, 1.54) is 17.4 Å². The number of carbonyl (C=O) groups is 1. The summed E-state index contributed by atoms with van der Waals surface area (Å²) in [4.78, 5) is 17.2. The van der Waals surface area contributed by atoms with Crippen molar-refractivity contribution in [3.8, 4) is 10.6 Å². The molecule has 6 rings (SSSR count). The van der Waals surface area contributed by atoms with Crippen LogP contribution in [-0.4, -0.2) is 25.7 Å². The standard InChI is InChI=1S/C25H23F2N5OS/c1-12(24(33)29-15-5-3-14(4-6-15)25-31-30-13(2)34-25)23-17-7-16(8-18(17)23)32-11-28-21-9-19(26)20(27)10-22(21)32/h3-6,9-12,16-18,23H,7-8H2,1-2H3,(H,29,33)/t12-,16?,17-,18+,23?/m0/s1. The Morgan fingerprint density at radius 2 is 1.82 bits per heavy atom. The highest BCUT2D eigenvalue weighted by atomic mass is 32.1. The van der Waals surface area contributed by atoms with Gasteiger partial charge in [-0.25, -0.2) is 13.8 Å². The highest BCUT2D eigenvalue weighted by Crippen LogP contribution is 2.64. The number of carbonyl (C=O) groups excluding carboxylic acids is 1. The van der Waals surface area contributed by atoms with E-state index in [9.17, 15) is 13.6 Å². The third-order valence-electron chi connectivity index (χ3n) is 7.41. The smallest absolute Gasteiger partial charge is 0.227 e. The zero-order valence-electron chi connectivity index (χ0n) is 18.7. The maximum Gasteiger partial charge on any atom is 0.227 e. The average molecular weight is 480 g/mol. The molecule has 0 bridgehead atoms. The second-order valence-electron chi connectivity index (χ2n) is 9.42. The molecule has 2 aliphatic carbocycles. The van der Waals surface area contributed by atoms with E-state index < -0.39 is 11.6 Å². The average Bonchev–Trinajstić information content (AvgIpc) is 3.21. The summed E-state index contributed by atoms with van der Waals surface area (Å²) in [5.74, 6) is -0.505. The third kappa shape index (κ3) is 3.58. The SMILES string of the molecule is Cc1nnc(-c2ccc(NC(=O)[C@@H](C)C3[C@H]4CC(n5cnc6cc(F)c(F)cc65)C[C@@H]34)cc2)s1. The maximum absolute atomic E-state index is 13.8. The van der Waals surface area contributed by atoms with Crippen LogP contribution in [0.4, 0.5) is 14.5 Å². The Labute approximate surface area is 199 Å². The fourth-order valence-electron chi connectivity index (χ4n) is 5.69. The number of hydrogen-bond acceptors (Lipinski definition) is 5. The summed E-state index contributed by atoms with van der Waals surface area (Å²) in [6.45, 7) is 3.92. The number of nitrogens with one attached hydrogen (secondary N) is 1. The van der Waals surface area contributed by atoms with Gasteiger partial charge in [0.2, 0.25) is 5.91 Å². The van der Waals surface area contributed by atoms with Crippen molar-refractivity contribution < 1.29 is 13.6 Å². The van der Waals surface area contributed by atoms with Crippen LogP contribution in [0.3, 0.4) is 0 Å². The van der Waals surface area contributed by atoms with Gasteiger partial charge in [-0.3, -0.25) is 4.79 Å². The minimum atomic E-state index is -0.878. The van der Waals surface area contributed by atoms with Gasteiger partial charge in [0.25, 0.3) is 0 Å². The van der Waals surface area contributed by atoms with Crippen LogP contribution in [0.2, 0.25) is 0 Å². The highest BCUT2D eigenvalue weighted by Gasteiger charge is 2.59. The Hall–Kier alpha value is -3.20. The molecule has 0 radical (unpaired) electrons. The van der Waals surface area contributed by atoms with E-state index in [0.29, 0.717) is 28.8 Å². The van der Waals surface area contributed by atoms with Gasteiger partial charge in [-0.1, -0.05) is 18.3 Å². The van der Waals surface area contributed by atoms with Gasteiger partial charge in [0.1, 0.15) is 10.0 Å². The van der Waals surface area contributed by atoms with E-state index in [1.807, 2.05) is 42.7 Å². The quantitative estimate of drug-likeness (QED) is 0.404. The first-order valence-corrected chi connectivity index (χ1v) is 12.2. The Kier molecular flexibility index (Phi) is 4.98. The molecule has 2 unspecified atom stereocenters. The minimum Gasteiger partial charge on any atom is -0.327 e. The molecule has 0 spiro atoms. The van der Waals surface area contributed by atoms with E-state index in [0.717, 1.165) is 40.2 Å². The Bertz CT molecular complexity index is 1390. The molecule has 0 aliphatic heterocycles. The van der Waals surface area contributed by atoms with Crippen molar-refractivity contribution >= 4 is 34.0 Å². The van der Waals surface area contributed by atoms with Gasteiger partial charge in [-0.15, -0.1) is 10.2 Å². The first-order valence-electron chi connectivity index (χ1n) is 11.4. The summed E-state index contributed by atoms with van der Waals surface area (Å²) in [5.41, 5.74) is 2.84. The molecule has 2 aliphatic rings. The topological polar surface area (TPSA) is 72.7 Å². The molecule has 34 heavy (non-hydrogen) atoms. The number of imidazole rings is 1. The molecule has 1 N–H and O–H groups in total. The zero-order valence-corrected chi connectivity index (χ0v) is 19.5. The number of anilines is 1. The molecule has 2 fully saturated rings. The Balaban J connectivity index is 1.08. The van der Waals surface area contributed by atoms with Crippen LogP contribution in [0.5, 0.6) is 0 Å². The van der Waals surface area contributed by atoms with Crippen molar-refractivity contribution in [2.75, 3.05) is 5.32 Å². The Morgan fingerprint density at radius 1 is 1.12 bits per heavy atom. The second kappa shape index (κ2) is 7.94. The van der Waals surface area contributed by atoms with Crippen molar-refractivity contribution in [3.63, 3.8) is 0 Å². The number of nitrogens with zero attached hydrogens (tertiary/aromatic N) is 4. The van der Waals surface area contributed by atoms with Crippen molar-refractivity contribution in [1.29, 1.82) is 0 Å². The van der Waals surface area contributed by atoms with Gasteiger partial charge in [-0.05, 0) is 61.8 Å². The van der Waals surface area contributed by atoms with Crippen molar-refractivity contribution in [2.45, 2.75) is 32.7 Å². The van der Waals surface area contributed by atoms with Crippen LogP contribution in [0.15, 0.2) is 42.7 Å². The van der Waals surface area contributed by atoms with Crippen LogP contribution in [0, 0.1) is 42.2 Å². The van der Waals surface area contributed by atoms with Crippen LogP contribution in [-0.2, 0) is 4.79 Å². The number of hydrogen-bond donors (Lipinski definition) is 1. The van der Waals surface area contributed by atoms with E-state index in [1.54, 1.807) is 6.33 Å². The van der Waals surface area contributed by atoms with Gasteiger partial charge < -0.3 is 9.88 Å². The summed E-state index contributed by atoms with van der Waals surface area (Å²) in [6, 6.07) is 10.3. The predicted molar refractivity (Wildman–Crippen MR) is 126 cm³/mol. The summed E-state index contributed by atoms with van der Waals surface area (Å²) in [5, 5.41) is 13.0. The fraction of sp³-hybridized carbons (Fsp3) is 0.360. The number of fused-ring (bicyclic) bond motifs is 2. The van der Waals surface area contributed by atoms with Gasteiger partial charge >= 0.3 is 0 Å². The Morgan fingerprint density at radius 3 is 2.50 bits per heavy atom. The van der Waals surface area contributed by atoms with E-state index in [2.05, 4.69) is 20.5 Å². The molecule has 5 atom stereocenters. The fourth-order valence-corrected chi connectivity index (χ4v) is 6.38. The van der Waals surface area contributed by atoms with Gasteiger partial charge in [0, 0.05) is 35.3 Å². The molecule has 1 amide bonds. The van der Waals surface area contributed by atoms with E-state index in [-0.39, 0.29) is 17.9 Å². The summed E-state index contributed by atoms with van der Waals surface area (Å²) >= 11 is 1.54. The van der Waals surface area contributed by atoms with Crippen molar-refractivity contribution in [2.24, 2.45) is 23.7 Å². The lowest BCUT2D eigenvalue weighted by atomic mass is 9.96. The molecule has 6 nitrogen and oxygen atoms in total. The van der Waals surface area contributed by atoms with Crippen molar-refractivity contribution in [3.05, 3.63) is 59.4 Å². The molecule has 9 heteroatoms. The summed E-state index contributed by atoms with van der Waals surface area (Å²) in [7, 11) is 0. The monoisotopic (exact) mass is 479 g/mol. The number of amides is 1. The number of rotatable bonds is 5. The molecule has 174 valence electrons. The number of benzene rings is 2. The highest BCUT2D eigenvalue weighted by molar-refractivity contribution is 7.14. The molecule has 4 aromatic rings. The molecular weight excluding hydrogens is 456 g/mol. The molecule has 0 saturated heterocycles. The number of aryl methyl sites for hydroxylation is 1. The normalized spacial score (nSPS) is 24.2. The zero-order chi connectivity index (χ0) is 23.6. The first kappa shape index (κ1) is 21.3. The molecule has 2 aromatic carbocycles. The third-order valence-corrected chi connectivity index (χ3v) is 8.30. The van der Waals surface area contributed by atoms with E-state index >= 15 is 0 Å². The van der Waals surface area contributed by atoms with Crippen LogP contribution in [0.25, 0.3) is 21.6 Å². The lowest BCUT2D eigenvalue weighted by Crippen LogP contribution is -2.24. The van der Waals surface area contributed by atoms with Crippen LogP contribution >= 0.6 is 11.3 Å². The van der Waals surface area contributed by atoms with Crippen molar-refractivity contribution in [1.82, 2.24) is 19.7 Å². The van der Waals surface area contributed by atoms with Gasteiger partial charge in [-0.2, -0.15) is 0 Å². The molecule has 2 aromatic heterocycles. The summed E-state index contributed by atoms with van der Waals surface area (Å²) in [6.07, 6.45) is 3.53. The number of halogens is 2. The van der Waals surface area contributed by atoms with Crippen LogP contribution < -0.4 is 5.32 Å². The van der Waals surface area contributed by atoms with E-state index in [4.69, 9.17) is 0 Å². The maximum atomic E-state index is 13.8. The second-order valence-corrected chi connectivity index (χ2v) is 10.6. The minimum absolute atomic E-state index is 0.0288. The van der Waals surface area contributed by atoms with Crippen LogP contribution in [0.1, 0.15) is 30.8 Å². The van der Waals surface area contributed by atoms with Gasteiger partial charge in [0.05, 0.1) is 17.4 Å². The first-order chi connectivity index (χ1) is 16.4. The molecule has 2 heterocycles. The van der Waals surface area contributed by atoms with Gasteiger partial charge in [0.15, 0.2) is 11.6 Å². The lowest BCUT2D eigenvalue weighted by molar-refractivity contribution is -0.120. The largest absolute Gasteiger partial charge is 0.327 e. The molecule has 2 saturated carbocycles. The molecular formula is C25H23F2N5OS. The number of aromatic nitrogens is 4. The lowest BCUT2D eigenvalue weighted by Gasteiger charge is -2.20.